The lowest BCUT2D eigenvalue weighted by Crippen LogP contribution is -1.93. The molecule has 1 aromatic heterocycles. The number of rotatable bonds is 2. The lowest BCUT2D eigenvalue weighted by Gasteiger charge is -2.05. The molecule has 3 N–H and O–H groups in total. The van der Waals surface area contributed by atoms with E-state index in [1.54, 1.807) is 6.07 Å². The molecule has 0 fully saturated rings. The van der Waals surface area contributed by atoms with Crippen molar-refractivity contribution in [3.8, 4) is 0 Å². The van der Waals surface area contributed by atoms with Crippen molar-refractivity contribution in [2.24, 2.45) is 0 Å². The normalized spacial score (nSPS) is 10.8. The maximum absolute atomic E-state index is 13.2. The van der Waals surface area contributed by atoms with Crippen LogP contribution >= 0.6 is 11.3 Å². The van der Waals surface area contributed by atoms with Gasteiger partial charge in [-0.15, -0.1) is 0 Å². The number of hydrogen-bond acceptors (Lipinski definition) is 4. The van der Waals surface area contributed by atoms with Gasteiger partial charge in [-0.25, -0.2) is 9.37 Å². The molecule has 0 saturated heterocycles. The Hall–Kier alpha value is -2.14. The highest BCUT2D eigenvalue weighted by molar-refractivity contribution is 7.22. The Morgan fingerprint density at radius 3 is 2.89 bits per heavy atom. The highest BCUT2D eigenvalue weighted by atomic mass is 32.1. The molecule has 3 rings (SSSR count). The number of benzene rings is 2. The third kappa shape index (κ3) is 2.37. The van der Waals surface area contributed by atoms with E-state index in [2.05, 4.69) is 10.3 Å². The summed E-state index contributed by atoms with van der Waals surface area (Å²) in [6, 6.07) is 10.2. The fourth-order valence-electron chi connectivity index (χ4n) is 1.84. The van der Waals surface area contributed by atoms with Crippen molar-refractivity contribution in [1.82, 2.24) is 4.98 Å². The first-order valence-electron chi connectivity index (χ1n) is 5.81. The van der Waals surface area contributed by atoms with E-state index in [1.807, 2.05) is 25.1 Å². The predicted octanol–water partition coefficient (Wildman–Crippen LogP) is 4.07. The van der Waals surface area contributed by atoms with E-state index in [4.69, 9.17) is 5.73 Å². The maximum Gasteiger partial charge on any atom is 0.188 e. The van der Waals surface area contributed by atoms with Crippen molar-refractivity contribution in [3.05, 3.63) is 47.8 Å². The van der Waals surface area contributed by atoms with Crippen LogP contribution in [0.25, 0.3) is 10.2 Å². The SMILES string of the molecule is Cc1ccc(F)cc1Nc1nc2ccc(N)cc2s1. The first-order valence-corrected chi connectivity index (χ1v) is 6.63. The second kappa shape index (κ2) is 4.51. The summed E-state index contributed by atoms with van der Waals surface area (Å²) in [5.74, 6) is -0.265. The van der Waals surface area contributed by atoms with Crippen LogP contribution in [0.5, 0.6) is 0 Å². The number of aromatic nitrogens is 1. The molecule has 0 bridgehead atoms. The summed E-state index contributed by atoms with van der Waals surface area (Å²) < 4.78 is 14.2. The van der Waals surface area contributed by atoms with E-state index in [-0.39, 0.29) is 5.82 Å². The summed E-state index contributed by atoms with van der Waals surface area (Å²) in [5, 5.41) is 3.88. The van der Waals surface area contributed by atoms with Crippen LogP contribution in [0, 0.1) is 12.7 Å². The summed E-state index contributed by atoms with van der Waals surface area (Å²) >= 11 is 1.50. The number of nitrogens with zero attached hydrogens (tertiary/aromatic N) is 1. The van der Waals surface area contributed by atoms with E-state index in [0.717, 1.165) is 26.6 Å². The number of fused-ring (bicyclic) bond motifs is 1. The summed E-state index contributed by atoms with van der Waals surface area (Å²) in [6.45, 7) is 1.92. The molecule has 5 heteroatoms. The van der Waals surface area contributed by atoms with Crippen molar-refractivity contribution < 1.29 is 4.39 Å². The molecule has 96 valence electrons. The minimum atomic E-state index is -0.265. The van der Waals surface area contributed by atoms with E-state index < -0.39 is 0 Å². The van der Waals surface area contributed by atoms with E-state index in [0.29, 0.717) is 5.69 Å². The van der Waals surface area contributed by atoms with Gasteiger partial charge in [-0.3, -0.25) is 0 Å². The van der Waals surface area contributed by atoms with Gasteiger partial charge >= 0.3 is 0 Å². The first kappa shape index (κ1) is 11.9. The number of nitrogen functional groups attached to an aromatic ring is 1. The van der Waals surface area contributed by atoms with Gasteiger partial charge in [0.1, 0.15) is 5.82 Å². The number of anilines is 3. The van der Waals surface area contributed by atoms with Gasteiger partial charge in [0.15, 0.2) is 5.13 Å². The zero-order valence-corrected chi connectivity index (χ0v) is 11.1. The number of aryl methyl sites for hydroxylation is 1. The Morgan fingerprint density at radius 2 is 2.05 bits per heavy atom. The smallest absolute Gasteiger partial charge is 0.188 e. The van der Waals surface area contributed by atoms with Gasteiger partial charge in [0.2, 0.25) is 0 Å². The molecule has 2 aromatic carbocycles. The van der Waals surface area contributed by atoms with Crippen LogP contribution in [0.2, 0.25) is 0 Å². The minimum absolute atomic E-state index is 0.265. The molecular weight excluding hydrogens is 261 g/mol. The summed E-state index contributed by atoms with van der Waals surface area (Å²) in [7, 11) is 0. The minimum Gasteiger partial charge on any atom is -0.399 e. The Kier molecular flexibility index (Phi) is 2.83. The zero-order valence-electron chi connectivity index (χ0n) is 10.3. The van der Waals surface area contributed by atoms with Gasteiger partial charge in [-0.1, -0.05) is 17.4 Å². The fraction of sp³-hybridized carbons (Fsp3) is 0.0714. The van der Waals surface area contributed by atoms with Crippen LogP contribution in [-0.2, 0) is 0 Å². The molecule has 0 aliphatic heterocycles. The van der Waals surface area contributed by atoms with Gasteiger partial charge in [0, 0.05) is 11.4 Å². The average molecular weight is 273 g/mol. The van der Waals surface area contributed by atoms with Gasteiger partial charge in [-0.2, -0.15) is 0 Å². The molecule has 0 radical (unpaired) electrons. The molecule has 0 atom stereocenters. The maximum atomic E-state index is 13.2. The van der Waals surface area contributed by atoms with Gasteiger partial charge < -0.3 is 11.1 Å². The Morgan fingerprint density at radius 1 is 1.21 bits per heavy atom. The summed E-state index contributed by atoms with van der Waals surface area (Å²) in [4.78, 5) is 4.45. The molecule has 3 nitrogen and oxygen atoms in total. The second-order valence-corrected chi connectivity index (χ2v) is 5.36. The quantitative estimate of drug-likeness (QED) is 0.692. The molecule has 0 unspecified atom stereocenters. The second-order valence-electron chi connectivity index (χ2n) is 4.33. The van der Waals surface area contributed by atoms with Gasteiger partial charge in [-0.05, 0) is 42.8 Å². The van der Waals surface area contributed by atoms with Crippen LogP contribution in [0.1, 0.15) is 5.56 Å². The molecule has 0 aliphatic rings. The molecule has 19 heavy (non-hydrogen) atoms. The van der Waals surface area contributed by atoms with Gasteiger partial charge in [0.05, 0.1) is 10.2 Å². The Bertz CT molecular complexity index is 752. The van der Waals surface area contributed by atoms with Crippen molar-refractivity contribution >= 4 is 38.1 Å². The van der Waals surface area contributed by atoms with Crippen LogP contribution < -0.4 is 11.1 Å². The topological polar surface area (TPSA) is 50.9 Å². The largest absolute Gasteiger partial charge is 0.399 e. The molecule has 0 spiro atoms. The standard InChI is InChI=1S/C14H12FN3S/c1-8-2-3-9(15)6-12(8)18-14-17-11-5-4-10(16)7-13(11)19-14/h2-7H,16H2,1H3,(H,17,18). The predicted molar refractivity (Wildman–Crippen MR) is 78.5 cm³/mol. The summed E-state index contributed by atoms with van der Waals surface area (Å²) in [5.41, 5.74) is 9.04. The lowest BCUT2D eigenvalue weighted by molar-refractivity contribution is 0.628. The van der Waals surface area contributed by atoms with E-state index in [9.17, 15) is 4.39 Å². The van der Waals surface area contributed by atoms with Gasteiger partial charge in [0.25, 0.3) is 0 Å². The number of halogens is 1. The number of nitrogens with one attached hydrogen (secondary N) is 1. The highest BCUT2D eigenvalue weighted by Crippen LogP contribution is 2.30. The highest BCUT2D eigenvalue weighted by Gasteiger charge is 2.06. The van der Waals surface area contributed by atoms with Crippen LogP contribution in [-0.4, -0.2) is 4.98 Å². The first-order chi connectivity index (χ1) is 9.11. The van der Waals surface area contributed by atoms with E-state index in [1.165, 1.54) is 23.5 Å². The molecular formula is C14H12FN3S. The monoisotopic (exact) mass is 273 g/mol. The third-order valence-corrected chi connectivity index (χ3v) is 3.79. The number of hydrogen-bond donors (Lipinski definition) is 2. The fourth-order valence-corrected chi connectivity index (χ4v) is 2.77. The third-order valence-electron chi connectivity index (χ3n) is 2.85. The molecule has 3 aromatic rings. The van der Waals surface area contributed by atoms with Crippen molar-refractivity contribution in [3.63, 3.8) is 0 Å². The molecule has 0 saturated carbocycles. The number of nitrogens with two attached hydrogens (primary N) is 1. The average Bonchev–Trinajstić information content (AvgIpc) is 2.75. The molecule has 1 heterocycles. The zero-order chi connectivity index (χ0) is 13.4. The Labute approximate surface area is 113 Å². The van der Waals surface area contributed by atoms with Crippen molar-refractivity contribution in [2.75, 3.05) is 11.1 Å². The lowest BCUT2D eigenvalue weighted by atomic mass is 10.2. The van der Waals surface area contributed by atoms with Crippen LogP contribution in [0.3, 0.4) is 0 Å². The molecule has 0 aliphatic carbocycles. The van der Waals surface area contributed by atoms with Crippen LogP contribution in [0.4, 0.5) is 20.9 Å². The van der Waals surface area contributed by atoms with Crippen molar-refractivity contribution in [2.45, 2.75) is 6.92 Å². The molecule has 0 amide bonds. The Balaban J connectivity index is 1.98. The number of thiazole rings is 1. The van der Waals surface area contributed by atoms with Crippen molar-refractivity contribution in [1.29, 1.82) is 0 Å². The van der Waals surface area contributed by atoms with E-state index >= 15 is 0 Å². The van der Waals surface area contributed by atoms with Crippen LogP contribution in [0.15, 0.2) is 36.4 Å². The summed E-state index contributed by atoms with van der Waals surface area (Å²) in [6.07, 6.45) is 0.